The monoisotopic (exact) mass is 327 g/mol. The van der Waals surface area contributed by atoms with Crippen LogP contribution >= 0.6 is 11.3 Å². The van der Waals surface area contributed by atoms with Crippen molar-refractivity contribution in [3.63, 3.8) is 0 Å². The molecule has 22 heavy (non-hydrogen) atoms. The minimum absolute atomic E-state index is 0.276. The van der Waals surface area contributed by atoms with Gasteiger partial charge in [-0.1, -0.05) is 17.4 Å². The van der Waals surface area contributed by atoms with E-state index in [-0.39, 0.29) is 5.13 Å². The number of thiazole rings is 1. The van der Waals surface area contributed by atoms with E-state index in [2.05, 4.69) is 20.5 Å². The lowest BCUT2D eigenvalue weighted by molar-refractivity contribution is -0.134. The van der Waals surface area contributed by atoms with Gasteiger partial charge in [-0.3, -0.25) is 4.40 Å². The fourth-order valence-corrected chi connectivity index (χ4v) is 2.70. The molecule has 0 unspecified atom stereocenters. The zero-order valence-corrected chi connectivity index (χ0v) is 12.2. The summed E-state index contributed by atoms with van der Waals surface area (Å²) >= 11 is 0.610. The highest BCUT2D eigenvalue weighted by molar-refractivity contribution is 7.15. The van der Waals surface area contributed by atoms with E-state index in [1.807, 2.05) is 28.8 Å². The molecule has 0 spiro atoms. The first-order valence-electron chi connectivity index (χ1n) is 6.59. The van der Waals surface area contributed by atoms with Crippen LogP contribution in [-0.4, -0.2) is 26.1 Å². The lowest BCUT2D eigenvalue weighted by atomic mass is 10.3. The minimum Gasteiger partial charge on any atom is -0.361 e. The standard InChI is InChI=1S/C13H12F3N5S/c14-13(15,16)9-8-18-12(22-9)17-6-3-5-11-20-19-10-4-1-2-7-21(10)11/h1-2,4,7-8H,3,5-6H2,(H,17,18). The van der Waals surface area contributed by atoms with Gasteiger partial charge in [0.2, 0.25) is 0 Å². The van der Waals surface area contributed by atoms with Gasteiger partial charge in [-0.2, -0.15) is 13.2 Å². The molecule has 0 radical (unpaired) electrons. The Morgan fingerprint density at radius 2 is 2.09 bits per heavy atom. The molecule has 1 N–H and O–H groups in total. The fraction of sp³-hybridized carbons (Fsp3) is 0.308. The highest BCUT2D eigenvalue weighted by Crippen LogP contribution is 2.34. The summed E-state index contributed by atoms with van der Waals surface area (Å²) in [5.41, 5.74) is 0.778. The normalized spacial score (nSPS) is 12.0. The summed E-state index contributed by atoms with van der Waals surface area (Å²) in [4.78, 5) is 3.03. The van der Waals surface area contributed by atoms with E-state index in [9.17, 15) is 13.2 Å². The van der Waals surface area contributed by atoms with E-state index in [1.54, 1.807) is 0 Å². The predicted octanol–water partition coefficient (Wildman–Crippen LogP) is 3.25. The van der Waals surface area contributed by atoms with Crippen LogP contribution in [0.15, 0.2) is 30.6 Å². The number of nitrogens with one attached hydrogen (secondary N) is 1. The molecule has 3 aromatic rings. The maximum Gasteiger partial charge on any atom is 0.427 e. The minimum atomic E-state index is -4.34. The van der Waals surface area contributed by atoms with Gasteiger partial charge < -0.3 is 5.32 Å². The van der Waals surface area contributed by atoms with Gasteiger partial charge in [-0.15, -0.1) is 10.2 Å². The van der Waals surface area contributed by atoms with Crippen LogP contribution in [0.5, 0.6) is 0 Å². The van der Waals surface area contributed by atoms with Gasteiger partial charge >= 0.3 is 6.18 Å². The molecule has 0 aromatic carbocycles. The Labute approximate surface area is 127 Å². The van der Waals surface area contributed by atoms with Crippen LogP contribution in [-0.2, 0) is 12.6 Å². The van der Waals surface area contributed by atoms with Gasteiger partial charge in [0.1, 0.15) is 10.7 Å². The number of aryl methyl sites for hydroxylation is 1. The molecular formula is C13H12F3N5S. The van der Waals surface area contributed by atoms with E-state index >= 15 is 0 Å². The molecule has 0 saturated heterocycles. The number of alkyl halides is 3. The third-order valence-electron chi connectivity index (χ3n) is 3.02. The zero-order valence-electron chi connectivity index (χ0n) is 11.3. The quantitative estimate of drug-likeness (QED) is 0.731. The fourth-order valence-electron chi connectivity index (χ4n) is 1.99. The third kappa shape index (κ3) is 3.19. The summed E-state index contributed by atoms with van der Waals surface area (Å²) in [7, 11) is 0. The van der Waals surface area contributed by atoms with Crippen LogP contribution in [0.1, 0.15) is 17.1 Å². The maximum absolute atomic E-state index is 12.4. The lowest BCUT2D eigenvalue weighted by Crippen LogP contribution is -2.04. The molecule has 3 rings (SSSR count). The van der Waals surface area contributed by atoms with Crippen LogP contribution in [0.3, 0.4) is 0 Å². The van der Waals surface area contributed by atoms with Gasteiger partial charge in [-0.05, 0) is 18.6 Å². The van der Waals surface area contributed by atoms with Crippen molar-refractivity contribution >= 4 is 22.1 Å². The first kappa shape index (κ1) is 14.8. The largest absolute Gasteiger partial charge is 0.427 e. The number of hydrogen-bond donors (Lipinski definition) is 1. The zero-order chi connectivity index (χ0) is 15.6. The van der Waals surface area contributed by atoms with E-state index < -0.39 is 11.1 Å². The molecule has 0 aliphatic carbocycles. The van der Waals surface area contributed by atoms with Gasteiger partial charge in [0, 0.05) is 19.2 Å². The molecule has 9 heteroatoms. The molecule has 3 aromatic heterocycles. The van der Waals surface area contributed by atoms with Gasteiger partial charge in [0.15, 0.2) is 10.8 Å². The number of halogens is 3. The number of fused-ring (bicyclic) bond motifs is 1. The Hall–Kier alpha value is -2.16. The Morgan fingerprint density at radius 1 is 1.23 bits per heavy atom. The Morgan fingerprint density at radius 3 is 2.86 bits per heavy atom. The van der Waals surface area contributed by atoms with Crippen molar-refractivity contribution < 1.29 is 13.2 Å². The van der Waals surface area contributed by atoms with Crippen LogP contribution < -0.4 is 5.32 Å². The van der Waals surface area contributed by atoms with Crippen molar-refractivity contribution in [2.45, 2.75) is 19.0 Å². The third-order valence-corrected chi connectivity index (χ3v) is 4.02. The molecule has 0 aliphatic rings. The number of anilines is 1. The molecule has 5 nitrogen and oxygen atoms in total. The average Bonchev–Trinajstić information content (AvgIpc) is 3.10. The van der Waals surface area contributed by atoms with E-state index in [1.165, 1.54) is 0 Å². The molecule has 0 aliphatic heterocycles. The number of nitrogens with zero attached hydrogens (tertiary/aromatic N) is 4. The summed E-state index contributed by atoms with van der Waals surface area (Å²) in [6, 6.07) is 5.64. The molecule has 3 heterocycles. The number of hydrogen-bond acceptors (Lipinski definition) is 5. The second-order valence-corrected chi connectivity index (χ2v) is 5.63. The summed E-state index contributed by atoms with van der Waals surface area (Å²) in [6.07, 6.45) is -0.210. The second kappa shape index (κ2) is 5.91. The topological polar surface area (TPSA) is 55.1 Å². The molecule has 0 amide bonds. The Bertz CT molecular complexity index is 764. The highest BCUT2D eigenvalue weighted by Gasteiger charge is 2.33. The lowest BCUT2D eigenvalue weighted by Gasteiger charge is -2.02. The Kier molecular flexibility index (Phi) is 3.97. The van der Waals surface area contributed by atoms with Crippen LogP contribution in [0.2, 0.25) is 0 Å². The predicted molar refractivity (Wildman–Crippen MR) is 76.9 cm³/mol. The van der Waals surface area contributed by atoms with Crippen molar-refractivity contribution in [3.05, 3.63) is 41.3 Å². The molecule has 0 saturated carbocycles. The molecular weight excluding hydrogens is 315 g/mol. The van der Waals surface area contributed by atoms with Crippen molar-refractivity contribution in [3.8, 4) is 0 Å². The van der Waals surface area contributed by atoms with Gasteiger partial charge in [0.25, 0.3) is 0 Å². The molecule has 0 atom stereocenters. The van der Waals surface area contributed by atoms with Crippen molar-refractivity contribution in [1.29, 1.82) is 0 Å². The highest BCUT2D eigenvalue weighted by atomic mass is 32.1. The summed E-state index contributed by atoms with van der Waals surface area (Å²) in [6.45, 7) is 0.520. The van der Waals surface area contributed by atoms with E-state index in [0.29, 0.717) is 24.3 Å². The number of rotatable bonds is 5. The van der Waals surface area contributed by atoms with E-state index in [4.69, 9.17) is 0 Å². The molecule has 0 fully saturated rings. The van der Waals surface area contributed by atoms with Crippen LogP contribution in [0.25, 0.3) is 5.65 Å². The number of aromatic nitrogens is 4. The van der Waals surface area contributed by atoms with Crippen LogP contribution in [0, 0.1) is 0 Å². The van der Waals surface area contributed by atoms with E-state index in [0.717, 1.165) is 24.1 Å². The van der Waals surface area contributed by atoms with Crippen molar-refractivity contribution in [2.24, 2.45) is 0 Å². The number of pyridine rings is 1. The first-order chi connectivity index (χ1) is 10.5. The second-order valence-electron chi connectivity index (χ2n) is 4.60. The van der Waals surface area contributed by atoms with Crippen molar-refractivity contribution in [1.82, 2.24) is 19.6 Å². The smallest absolute Gasteiger partial charge is 0.361 e. The SMILES string of the molecule is FC(F)(F)c1cnc(NCCCc2nnc3ccccn23)s1. The maximum atomic E-state index is 12.4. The molecule has 0 bridgehead atoms. The van der Waals surface area contributed by atoms with Crippen molar-refractivity contribution in [2.75, 3.05) is 11.9 Å². The Balaban J connectivity index is 1.52. The van der Waals surface area contributed by atoms with Gasteiger partial charge in [-0.25, -0.2) is 4.98 Å². The van der Waals surface area contributed by atoms with Gasteiger partial charge in [0.05, 0.1) is 6.20 Å². The van der Waals surface area contributed by atoms with Crippen LogP contribution in [0.4, 0.5) is 18.3 Å². The summed E-state index contributed by atoms with van der Waals surface area (Å²) in [5, 5.41) is 11.3. The average molecular weight is 327 g/mol. The summed E-state index contributed by atoms with van der Waals surface area (Å²) < 4.78 is 39.2. The first-order valence-corrected chi connectivity index (χ1v) is 7.41. The summed E-state index contributed by atoms with van der Waals surface area (Å²) in [5.74, 6) is 0.826. The molecule has 116 valence electrons.